The van der Waals surface area contributed by atoms with Crippen molar-refractivity contribution in [3.05, 3.63) is 53.1 Å². The number of nitrogens with one attached hydrogen (secondary N) is 1. The molecule has 0 atom stereocenters. The molecule has 0 aliphatic carbocycles. The predicted octanol–water partition coefficient (Wildman–Crippen LogP) is 4.17. The third kappa shape index (κ3) is 4.18. The summed E-state index contributed by atoms with van der Waals surface area (Å²) < 4.78 is 18.7. The Hall–Kier alpha value is -1.65. The van der Waals surface area contributed by atoms with Crippen LogP contribution in [0.25, 0.3) is 0 Å². The zero-order chi connectivity index (χ0) is 14.4. The van der Waals surface area contributed by atoms with Crippen LogP contribution in [-0.2, 0) is 6.54 Å². The Labute approximate surface area is 122 Å². The number of rotatable bonds is 6. The summed E-state index contributed by atoms with van der Waals surface area (Å²) >= 11 is 5.72. The average molecular weight is 295 g/mol. The summed E-state index contributed by atoms with van der Waals surface area (Å²) in [6.45, 7) is 3.81. The van der Waals surface area contributed by atoms with Crippen LogP contribution in [0.15, 0.2) is 36.7 Å². The van der Waals surface area contributed by atoms with Gasteiger partial charge in [0.1, 0.15) is 17.3 Å². The van der Waals surface area contributed by atoms with Gasteiger partial charge in [0.05, 0.1) is 11.2 Å². The average Bonchev–Trinajstić information content (AvgIpc) is 2.44. The summed E-state index contributed by atoms with van der Waals surface area (Å²) in [5.41, 5.74) is 1.03. The molecule has 3 nitrogen and oxygen atoms in total. The Balaban J connectivity index is 2.05. The van der Waals surface area contributed by atoms with Gasteiger partial charge in [-0.2, -0.15) is 0 Å². The highest BCUT2D eigenvalue weighted by molar-refractivity contribution is 6.30. The second-order valence-electron chi connectivity index (χ2n) is 4.38. The summed E-state index contributed by atoms with van der Waals surface area (Å²) in [4.78, 5) is 4.13. The van der Waals surface area contributed by atoms with E-state index in [1.807, 2.05) is 6.07 Å². The molecule has 0 fully saturated rings. The van der Waals surface area contributed by atoms with Crippen LogP contribution < -0.4 is 10.1 Å². The highest BCUT2D eigenvalue weighted by Crippen LogP contribution is 2.26. The topological polar surface area (TPSA) is 34.2 Å². The molecule has 0 radical (unpaired) electrons. The van der Waals surface area contributed by atoms with Gasteiger partial charge >= 0.3 is 0 Å². The van der Waals surface area contributed by atoms with Gasteiger partial charge in [-0.3, -0.25) is 4.98 Å². The lowest BCUT2D eigenvalue weighted by Gasteiger charge is -2.08. The molecule has 0 aliphatic heterocycles. The molecule has 1 heterocycles. The van der Waals surface area contributed by atoms with Crippen LogP contribution in [0, 0.1) is 5.82 Å². The van der Waals surface area contributed by atoms with Gasteiger partial charge in [0.25, 0.3) is 0 Å². The highest BCUT2D eigenvalue weighted by atomic mass is 35.5. The molecule has 2 aromatic rings. The van der Waals surface area contributed by atoms with E-state index in [0.29, 0.717) is 11.5 Å². The van der Waals surface area contributed by atoms with Crippen LogP contribution in [0.3, 0.4) is 0 Å². The molecular formula is C15H16ClFN2O. The van der Waals surface area contributed by atoms with Crippen molar-refractivity contribution in [1.82, 2.24) is 10.3 Å². The molecule has 0 aliphatic rings. The number of pyridine rings is 1. The first-order chi connectivity index (χ1) is 9.69. The predicted molar refractivity (Wildman–Crippen MR) is 77.7 cm³/mol. The van der Waals surface area contributed by atoms with Crippen molar-refractivity contribution in [3.8, 4) is 11.5 Å². The summed E-state index contributed by atoms with van der Waals surface area (Å²) in [5.74, 6) is 0.620. The smallest absolute Gasteiger partial charge is 0.146 e. The van der Waals surface area contributed by atoms with E-state index < -0.39 is 5.82 Å². The summed E-state index contributed by atoms with van der Waals surface area (Å²) in [5, 5.41) is 3.33. The fourth-order valence-electron chi connectivity index (χ4n) is 1.70. The van der Waals surface area contributed by atoms with Gasteiger partial charge in [-0.25, -0.2) is 4.39 Å². The van der Waals surface area contributed by atoms with E-state index in [-0.39, 0.29) is 5.02 Å². The number of hydrogen-bond acceptors (Lipinski definition) is 3. The SMILES string of the molecule is CCCNCc1cncc(Oc2ccc(F)c(Cl)c2)c1. The van der Waals surface area contributed by atoms with E-state index in [4.69, 9.17) is 16.3 Å². The second kappa shape index (κ2) is 7.22. The number of hydrogen-bond donors (Lipinski definition) is 1. The van der Waals surface area contributed by atoms with Gasteiger partial charge in [-0.15, -0.1) is 0 Å². The molecule has 1 aromatic carbocycles. The standard InChI is InChI=1S/C15H16ClFN2O/c1-2-5-18-8-11-6-13(10-19-9-11)20-12-3-4-15(17)14(16)7-12/h3-4,6-7,9-10,18H,2,5,8H2,1H3. The van der Waals surface area contributed by atoms with Crippen LogP contribution in [-0.4, -0.2) is 11.5 Å². The second-order valence-corrected chi connectivity index (χ2v) is 4.79. The van der Waals surface area contributed by atoms with Crippen LogP contribution in [0.2, 0.25) is 5.02 Å². The summed E-state index contributed by atoms with van der Waals surface area (Å²) in [6.07, 6.45) is 4.48. The minimum Gasteiger partial charge on any atom is -0.456 e. The van der Waals surface area contributed by atoms with Crippen molar-refractivity contribution in [2.45, 2.75) is 19.9 Å². The lowest BCUT2D eigenvalue weighted by molar-refractivity contribution is 0.477. The van der Waals surface area contributed by atoms with Crippen molar-refractivity contribution in [1.29, 1.82) is 0 Å². The van der Waals surface area contributed by atoms with E-state index in [1.165, 1.54) is 18.2 Å². The van der Waals surface area contributed by atoms with Crippen LogP contribution in [0.5, 0.6) is 11.5 Å². The largest absolute Gasteiger partial charge is 0.456 e. The summed E-state index contributed by atoms with van der Waals surface area (Å²) in [6, 6.07) is 6.15. The Morgan fingerprint density at radius 3 is 2.85 bits per heavy atom. The molecule has 20 heavy (non-hydrogen) atoms. The Morgan fingerprint density at radius 2 is 2.10 bits per heavy atom. The molecule has 1 aromatic heterocycles. The third-order valence-corrected chi connectivity index (χ3v) is 2.94. The summed E-state index contributed by atoms with van der Waals surface area (Å²) in [7, 11) is 0. The van der Waals surface area contributed by atoms with Gasteiger partial charge in [-0.1, -0.05) is 18.5 Å². The van der Waals surface area contributed by atoms with Crippen LogP contribution in [0.1, 0.15) is 18.9 Å². The molecule has 5 heteroatoms. The van der Waals surface area contributed by atoms with Crippen molar-refractivity contribution in [3.63, 3.8) is 0 Å². The highest BCUT2D eigenvalue weighted by Gasteiger charge is 2.04. The lowest BCUT2D eigenvalue weighted by atomic mass is 10.2. The molecule has 0 saturated carbocycles. The molecule has 0 spiro atoms. The normalized spacial score (nSPS) is 10.6. The number of halogens is 2. The maximum atomic E-state index is 13.1. The van der Waals surface area contributed by atoms with E-state index in [1.54, 1.807) is 12.4 Å². The maximum absolute atomic E-state index is 13.1. The van der Waals surface area contributed by atoms with Gasteiger partial charge in [0, 0.05) is 18.8 Å². The number of benzene rings is 1. The lowest BCUT2D eigenvalue weighted by Crippen LogP contribution is -2.13. The van der Waals surface area contributed by atoms with Crippen molar-refractivity contribution >= 4 is 11.6 Å². The molecule has 0 unspecified atom stereocenters. The van der Waals surface area contributed by atoms with E-state index in [9.17, 15) is 4.39 Å². The van der Waals surface area contributed by atoms with Crippen molar-refractivity contribution < 1.29 is 9.13 Å². The van der Waals surface area contributed by atoms with Gasteiger partial charge < -0.3 is 10.1 Å². The minimum atomic E-state index is -0.463. The quantitative estimate of drug-likeness (QED) is 0.812. The number of nitrogens with zero attached hydrogens (tertiary/aromatic N) is 1. The monoisotopic (exact) mass is 294 g/mol. The fourth-order valence-corrected chi connectivity index (χ4v) is 1.87. The maximum Gasteiger partial charge on any atom is 0.146 e. The Morgan fingerprint density at radius 1 is 1.25 bits per heavy atom. The molecule has 106 valence electrons. The minimum absolute atomic E-state index is 0.0382. The fraction of sp³-hybridized carbons (Fsp3) is 0.267. The van der Waals surface area contributed by atoms with Crippen LogP contribution >= 0.6 is 11.6 Å². The van der Waals surface area contributed by atoms with Gasteiger partial charge in [-0.05, 0) is 36.7 Å². The Bertz CT molecular complexity index is 578. The van der Waals surface area contributed by atoms with E-state index in [0.717, 1.165) is 25.1 Å². The van der Waals surface area contributed by atoms with Gasteiger partial charge in [0.2, 0.25) is 0 Å². The van der Waals surface area contributed by atoms with Crippen molar-refractivity contribution in [2.24, 2.45) is 0 Å². The molecule has 0 saturated heterocycles. The zero-order valence-electron chi connectivity index (χ0n) is 11.2. The van der Waals surface area contributed by atoms with Crippen LogP contribution in [0.4, 0.5) is 4.39 Å². The van der Waals surface area contributed by atoms with E-state index in [2.05, 4.69) is 17.2 Å². The number of ether oxygens (including phenoxy) is 1. The van der Waals surface area contributed by atoms with Crippen molar-refractivity contribution in [2.75, 3.05) is 6.54 Å². The first-order valence-electron chi connectivity index (χ1n) is 6.46. The van der Waals surface area contributed by atoms with E-state index >= 15 is 0 Å². The molecule has 0 amide bonds. The molecule has 1 N–H and O–H groups in total. The first kappa shape index (κ1) is 14.8. The zero-order valence-corrected chi connectivity index (χ0v) is 12.0. The Kier molecular flexibility index (Phi) is 5.32. The molecule has 0 bridgehead atoms. The first-order valence-corrected chi connectivity index (χ1v) is 6.84. The van der Waals surface area contributed by atoms with Gasteiger partial charge in [0.15, 0.2) is 0 Å². The molecule has 2 rings (SSSR count). The number of aromatic nitrogens is 1. The third-order valence-electron chi connectivity index (χ3n) is 2.65. The molecular weight excluding hydrogens is 279 g/mol.